The monoisotopic (exact) mass is 302 g/mol. The molecule has 0 amide bonds. The molecule has 0 fully saturated rings. The molecule has 0 bridgehead atoms. The Hall–Kier alpha value is -0.580. The van der Waals surface area contributed by atoms with E-state index in [1.54, 1.807) is 0 Å². The number of fused-ring (bicyclic) bond motifs is 1. The summed E-state index contributed by atoms with van der Waals surface area (Å²) in [6.45, 7) is 0. The standard InChI is InChI=1S/C11H11IO2/c12-10-4-3-7-1-2-8(11(13)14)5-9(7)6-10/h3-4,6,8H,1-2,5H2,(H,13,14). The van der Waals surface area contributed by atoms with E-state index in [1.165, 1.54) is 14.7 Å². The number of aliphatic carboxylic acids is 1. The van der Waals surface area contributed by atoms with Crippen LogP contribution in [0.2, 0.25) is 0 Å². The third kappa shape index (κ3) is 1.92. The van der Waals surface area contributed by atoms with Crippen LogP contribution >= 0.6 is 22.6 Å². The zero-order valence-electron chi connectivity index (χ0n) is 7.66. The van der Waals surface area contributed by atoms with Gasteiger partial charge in [-0.05, 0) is 65.1 Å². The smallest absolute Gasteiger partial charge is 0.306 e. The number of halogens is 1. The van der Waals surface area contributed by atoms with E-state index in [9.17, 15) is 4.79 Å². The number of carboxylic acids is 1. The molecule has 0 aromatic heterocycles. The second-order valence-corrected chi connectivity index (χ2v) is 4.94. The second-order valence-electron chi connectivity index (χ2n) is 3.69. The maximum atomic E-state index is 10.8. The van der Waals surface area contributed by atoms with Crippen LogP contribution in [-0.4, -0.2) is 11.1 Å². The number of hydrogen-bond donors (Lipinski definition) is 1. The lowest BCUT2D eigenvalue weighted by Crippen LogP contribution is -2.22. The first-order valence-corrected chi connectivity index (χ1v) is 5.75. The van der Waals surface area contributed by atoms with Gasteiger partial charge in [0.1, 0.15) is 0 Å². The van der Waals surface area contributed by atoms with Gasteiger partial charge in [-0.25, -0.2) is 0 Å². The minimum atomic E-state index is -0.658. The number of benzene rings is 1. The van der Waals surface area contributed by atoms with Crippen molar-refractivity contribution < 1.29 is 9.90 Å². The number of hydrogen-bond acceptors (Lipinski definition) is 1. The summed E-state index contributed by atoms with van der Waals surface area (Å²) in [5.41, 5.74) is 2.54. The van der Waals surface area contributed by atoms with Gasteiger partial charge in [-0.15, -0.1) is 0 Å². The van der Waals surface area contributed by atoms with Gasteiger partial charge in [0.05, 0.1) is 5.92 Å². The Bertz CT molecular complexity index is 374. The van der Waals surface area contributed by atoms with Crippen LogP contribution in [0.4, 0.5) is 0 Å². The summed E-state index contributed by atoms with van der Waals surface area (Å²) < 4.78 is 1.19. The highest BCUT2D eigenvalue weighted by atomic mass is 127. The molecule has 14 heavy (non-hydrogen) atoms. The van der Waals surface area contributed by atoms with Gasteiger partial charge < -0.3 is 5.11 Å². The Morgan fingerprint density at radius 1 is 1.43 bits per heavy atom. The minimum Gasteiger partial charge on any atom is -0.481 e. The quantitative estimate of drug-likeness (QED) is 0.809. The molecule has 1 aromatic rings. The van der Waals surface area contributed by atoms with Crippen LogP contribution in [0, 0.1) is 9.49 Å². The fourth-order valence-electron chi connectivity index (χ4n) is 1.94. The normalized spacial score (nSPS) is 20.2. The molecular formula is C11H11IO2. The first kappa shape index (κ1) is 9.96. The molecule has 3 heteroatoms. The molecule has 1 aliphatic rings. The van der Waals surface area contributed by atoms with Crippen molar-refractivity contribution in [2.75, 3.05) is 0 Å². The van der Waals surface area contributed by atoms with Crippen LogP contribution in [0.15, 0.2) is 18.2 Å². The minimum absolute atomic E-state index is 0.180. The fourth-order valence-corrected chi connectivity index (χ4v) is 2.49. The molecule has 0 heterocycles. The lowest BCUT2D eigenvalue weighted by atomic mass is 9.84. The molecular weight excluding hydrogens is 291 g/mol. The van der Waals surface area contributed by atoms with E-state index < -0.39 is 5.97 Å². The zero-order chi connectivity index (χ0) is 10.1. The highest BCUT2D eigenvalue weighted by Gasteiger charge is 2.23. The van der Waals surface area contributed by atoms with Gasteiger partial charge in [0.2, 0.25) is 0 Å². The van der Waals surface area contributed by atoms with Crippen LogP contribution < -0.4 is 0 Å². The maximum Gasteiger partial charge on any atom is 0.306 e. The first-order valence-electron chi connectivity index (χ1n) is 4.67. The summed E-state index contributed by atoms with van der Waals surface area (Å²) in [5.74, 6) is -0.838. The summed E-state index contributed by atoms with van der Waals surface area (Å²) in [6, 6.07) is 6.31. The van der Waals surface area contributed by atoms with Gasteiger partial charge in [-0.3, -0.25) is 4.79 Å². The molecule has 0 saturated carbocycles. The van der Waals surface area contributed by atoms with Crippen LogP contribution in [0.5, 0.6) is 0 Å². The summed E-state index contributed by atoms with van der Waals surface area (Å²) in [7, 11) is 0. The van der Waals surface area contributed by atoms with Crippen LogP contribution in [-0.2, 0) is 17.6 Å². The average molecular weight is 302 g/mol. The van der Waals surface area contributed by atoms with Crippen LogP contribution in [0.25, 0.3) is 0 Å². The summed E-state index contributed by atoms with van der Waals surface area (Å²) in [5, 5.41) is 8.93. The van der Waals surface area contributed by atoms with E-state index in [0.717, 1.165) is 12.8 Å². The number of aryl methyl sites for hydroxylation is 1. The lowest BCUT2D eigenvalue weighted by Gasteiger charge is -2.21. The molecule has 1 unspecified atom stereocenters. The van der Waals surface area contributed by atoms with E-state index in [2.05, 4.69) is 40.8 Å². The van der Waals surface area contributed by atoms with Crippen molar-refractivity contribution in [2.24, 2.45) is 5.92 Å². The van der Waals surface area contributed by atoms with E-state index in [1.807, 2.05) is 0 Å². The number of rotatable bonds is 1. The van der Waals surface area contributed by atoms with Crippen molar-refractivity contribution in [3.63, 3.8) is 0 Å². The summed E-state index contributed by atoms with van der Waals surface area (Å²) in [6.07, 6.45) is 2.38. The van der Waals surface area contributed by atoms with E-state index >= 15 is 0 Å². The molecule has 0 radical (unpaired) electrons. The van der Waals surface area contributed by atoms with Crippen molar-refractivity contribution in [3.8, 4) is 0 Å². The molecule has 1 aromatic carbocycles. The number of carboxylic acid groups (broad SMARTS) is 1. The molecule has 1 aliphatic carbocycles. The summed E-state index contributed by atoms with van der Waals surface area (Å²) >= 11 is 2.26. The highest BCUT2D eigenvalue weighted by Crippen LogP contribution is 2.26. The molecule has 2 nitrogen and oxygen atoms in total. The zero-order valence-corrected chi connectivity index (χ0v) is 9.82. The SMILES string of the molecule is O=C(O)C1CCc2ccc(I)cc2C1. The third-order valence-corrected chi connectivity index (χ3v) is 3.42. The van der Waals surface area contributed by atoms with Gasteiger partial charge in [-0.2, -0.15) is 0 Å². The van der Waals surface area contributed by atoms with E-state index in [4.69, 9.17) is 5.11 Å². The van der Waals surface area contributed by atoms with Crippen LogP contribution in [0.3, 0.4) is 0 Å². The summed E-state index contributed by atoms with van der Waals surface area (Å²) in [4.78, 5) is 10.8. The van der Waals surface area contributed by atoms with E-state index in [-0.39, 0.29) is 5.92 Å². The Labute approximate surface area is 96.5 Å². The topological polar surface area (TPSA) is 37.3 Å². The van der Waals surface area contributed by atoms with Crippen LogP contribution in [0.1, 0.15) is 17.5 Å². The maximum absolute atomic E-state index is 10.8. The Balaban J connectivity index is 2.29. The molecule has 74 valence electrons. The predicted octanol–water partition coefficient (Wildman–Crippen LogP) is 2.48. The van der Waals surface area contributed by atoms with Gasteiger partial charge in [0.15, 0.2) is 0 Å². The molecule has 0 saturated heterocycles. The van der Waals surface area contributed by atoms with Crippen molar-refractivity contribution in [1.29, 1.82) is 0 Å². The largest absolute Gasteiger partial charge is 0.481 e. The Kier molecular flexibility index (Phi) is 2.76. The molecule has 0 spiro atoms. The highest BCUT2D eigenvalue weighted by molar-refractivity contribution is 14.1. The van der Waals surface area contributed by atoms with Crippen molar-refractivity contribution in [2.45, 2.75) is 19.3 Å². The van der Waals surface area contributed by atoms with Crippen molar-refractivity contribution in [3.05, 3.63) is 32.9 Å². The fraction of sp³-hybridized carbons (Fsp3) is 0.364. The molecule has 0 aliphatic heterocycles. The molecule has 2 rings (SSSR count). The lowest BCUT2D eigenvalue weighted by molar-refractivity contribution is -0.142. The van der Waals surface area contributed by atoms with Gasteiger partial charge in [-0.1, -0.05) is 6.07 Å². The molecule has 1 N–H and O–H groups in total. The van der Waals surface area contributed by atoms with Crippen molar-refractivity contribution in [1.82, 2.24) is 0 Å². The number of carbonyl (C=O) groups is 1. The third-order valence-electron chi connectivity index (χ3n) is 2.75. The van der Waals surface area contributed by atoms with Gasteiger partial charge >= 0.3 is 5.97 Å². The molecule has 1 atom stereocenters. The Morgan fingerprint density at radius 2 is 2.21 bits per heavy atom. The predicted molar refractivity (Wildman–Crippen MR) is 62.3 cm³/mol. The second kappa shape index (κ2) is 3.88. The average Bonchev–Trinajstić information content (AvgIpc) is 2.16. The first-order chi connectivity index (χ1) is 6.66. The Morgan fingerprint density at radius 3 is 2.93 bits per heavy atom. The van der Waals surface area contributed by atoms with Gasteiger partial charge in [0, 0.05) is 3.57 Å². The van der Waals surface area contributed by atoms with Crippen molar-refractivity contribution >= 4 is 28.6 Å². The van der Waals surface area contributed by atoms with Gasteiger partial charge in [0.25, 0.3) is 0 Å². The van der Waals surface area contributed by atoms with E-state index in [0.29, 0.717) is 6.42 Å².